The number of guanidine groups is 1. The van der Waals surface area contributed by atoms with Crippen molar-refractivity contribution in [2.45, 2.75) is 6.92 Å². The van der Waals surface area contributed by atoms with Crippen LogP contribution < -0.4 is 10.1 Å². The van der Waals surface area contributed by atoms with Crippen molar-refractivity contribution in [2.24, 2.45) is 4.99 Å². The van der Waals surface area contributed by atoms with E-state index in [-0.39, 0.29) is 5.91 Å². The summed E-state index contributed by atoms with van der Waals surface area (Å²) in [6, 6.07) is 12.3. The van der Waals surface area contributed by atoms with Crippen LogP contribution in [0.2, 0.25) is 10.0 Å². The van der Waals surface area contributed by atoms with E-state index in [4.69, 9.17) is 27.9 Å². The second-order valence-corrected chi connectivity index (χ2v) is 6.13. The lowest BCUT2D eigenvalue weighted by Crippen LogP contribution is -2.35. The number of halogens is 2. The van der Waals surface area contributed by atoms with Crippen LogP contribution in [0.1, 0.15) is 17.3 Å². The van der Waals surface area contributed by atoms with E-state index in [0.717, 1.165) is 5.75 Å². The molecule has 1 aliphatic rings. The smallest absolute Gasteiger partial charge is 0.260 e. The summed E-state index contributed by atoms with van der Waals surface area (Å²) in [6.45, 7) is 3.65. The molecule has 2 aromatic carbocycles. The van der Waals surface area contributed by atoms with Crippen molar-refractivity contribution in [1.82, 2.24) is 10.2 Å². The number of carbonyl (C=O) groups excluding carboxylic acids is 1. The van der Waals surface area contributed by atoms with Crippen molar-refractivity contribution in [3.05, 3.63) is 58.1 Å². The molecule has 130 valence electrons. The average Bonchev–Trinajstić information content (AvgIpc) is 3.07. The monoisotopic (exact) mass is 377 g/mol. The van der Waals surface area contributed by atoms with Crippen LogP contribution in [-0.4, -0.2) is 36.5 Å². The molecule has 0 aliphatic carbocycles. The van der Waals surface area contributed by atoms with Gasteiger partial charge in [-0.2, -0.15) is 0 Å². The number of carbonyl (C=O) groups is 1. The molecule has 3 rings (SSSR count). The molecule has 0 bridgehead atoms. The van der Waals surface area contributed by atoms with Gasteiger partial charge in [0.2, 0.25) is 5.96 Å². The summed E-state index contributed by atoms with van der Waals surface area (Å²) in [6.07, 6.45) is 0. The molecule has 0 unspecified atom stereocenters. The zero-order valence-corrected chi connectivity index (χ0v) is 15.1. The largest absolute Gasteiger partial charge is 0.494 e. The lowest BCUT2D eigenvalue weighted by Gasteiger charge is -2.16. The molecule has 1 fully saturated rings. The Morgan fingerprint density at radius 2 is 2.00 bits per heavy atom. The van der Waals surface area contributed by atoms with Crippen LogP contribution in [0.5, 0.6) is 5.75 Å². The van der Waals surface area contributed by atoms with Crippen LogP contribution in [0.15, 0.2) is 47.5 Å². The first-order valence-corrected chi connectivity index (χ1v) is 8.67. The lowest BCUT2D eigenvalue weighted by atomic mass is 10.2. The molecule has 0 radical (unpaired) electrons. The predicted molar refractivity (Wildman–Crippen MR) is 100 cm³/mol. The van der Waals surface area contributed by atoms with Crippen molar-refractivity contribution < 1.29 is 9.53 Å². The maximum atomic E-state index is 12.8. The van der Waals surface area contributed by atoms with Crippen molar-refractivity contribution in [3.8, 4) is 5.75 Å². The zero-order chi connectivity index (χ0) is 17.8. The zero-order valence-electron chi connectivity index (χ0n) is 13.6. The highest BCUT2D eigenvalue weighted by Crippen LogP contribution is 2.32. The summed E-state index contributed by atoms with van der Waals surface area (Å²) >= 11 is 12.2. The fourth-order valence-corrected chi connectivity index (χ4v) is 2.83. The molecule has 1 N–H and O–H groups in total. The van der Waals surface area contributed by atoms with Crippen molar-refractivity contribution >= 4 is 40.8 Å². The summed E-state index contributed by atoms with van der Waals surface area (Å²) in [5.41, 5.74) is 1.08. The maximum Gasteiger partial charge on any atom is 0.260 e. The van der Waals surface area contributed by atoms with Gasteiger partial charge in [-0.15, -0.1) is 0 Å². The standard InChI is InChI=1S/C18H17Cl2N3O2/c1-2-25-13-8-6-12(7-9-13)17(24)23-11-10-21-18(23)22-15-5-3-4-14(19)16(15)20/h3-9H,2,10-11H2,1H3,(H,21,22). The van der Waals surface area contributed by atoms with Crippen molar-refractivity contribution in [2.75, 3.05) is 19.7 Å². The molecule has 25 heavy (non-hydrogen) atoms. The molecule has 0 atom stereocenters. The molecule has 0 spiro atoms. The molecule has 1 amide bonds. The Hall–Kier alpha value is -2.24. The molecule has 2 aromatic rings. The van der Waals surface area contributed by atoms with Gasteiger partial charge in [0.25, 0.3) is 5.91 Å². The van der Waals surface area contributed by atoms with Crippen LogP contribution in [0.3, 0.4) is 0 Å². The van der Waals surface area contributed by atoms with E-state index < -0.39 is 0 Å². The summed E-state index contributed by atoms with van der Waals surface area (Å²) < 4.78 is 5.40. The van der Waals surface area contributed by atoms with Gasteiger partial charge < -0.3 is 10.1 Å². The molecular weight excluding hydrogens is 361 g/mol. The summed E-state index contributed by atoms with van der Waals surface area (Å²) in [7, 11) is 0. The highest BCUT2D eigenvalue weighted by atomic mass is 35.5. The van der Waals surface area contributed by atoms with Gasteiger partial charge in [0.1, 0.15) is 5.75 Å². The number of hydrogen-bond donors (Lipinski definition) is 1. The average molecular weight is 378 g/mol. The SMILES string of the molecule is CCOc1ccc(C(=O)N2CCNC2=Nc2cccc(Cl)c2Cl)cc1. The van der Waals surface area contributed by atoms with E-state index in [9.17, 15) is 4.79 Å². The number of amides is 1. The lowest BCUT2D eigenvalue weighted by molar-refractivity contribution is 0.0859. The topological polar surface area (TPSA) is 53.9 Å². The molecule has 0 aromatic heterocycles. The van der Waals surface area contributed by atoms with Gasteiger partial charge in [0.15, 0.2) is 0 Å². The van der Waals surface area contributed by atoms with E-state index in [1.165, 1.54) is 0 Å². The highest BCUT2D eigenvalue weighted by molar-refractivity contribution is 6.43. The molecule has 1 heterocycles. The number of rotatable bonds is 4. The molecule has 7 heteroatoms. The van der Waals surface area contributed by atoms with Gasteiger partial charge in [-0.3, -0.25) is 9.69 Å². The third kappa shape index (κ3) is 3.89. The normalized spacial score (nSPS) is 15.3. The third-order valence-corrected chi connectivity index (χ3v) is 4.50. The Morgan fingerprint density at radius 3 is 2.72 bits per heavy atom. The van der Waals surface area contributed by atoms with Gasteiger partial charge in [-0.25, -0.2) is 4.99 Å². The predicted octanol–water partition coefficient (Wildman–Crippen LogP) is 4.13. The Morgan fingerprint density at radius 1 is 1.24 bits per heavy atom. The van der Waals surface area contributed by atoms with Crippen LogP contribution in [0.4, 0.5) is 5.69 Å². The minimum Gasteiger partial charge on any atom is -0.494 e. The van der Waals surface area contributed by atoms with Crippen molar-refractivity contribution in [3.63, 3.8) is 0 Å². The highest BCUT2D eigenvalue weighted by Gasteiger charge is 2.26. The van der Waals surface area contributed by atoms with E-state index in [0.29, 0.717) is 47.0 Å². The molecule has 5 nitrogen and oxygen atoms in total. The summed E-state index contributed by atoms with van der Waals surface area (Å²) in [4.78, 5) is 18.8. The quantitative estimate of drug-likeness (QED) is 0.871. The van der Waals surface area contributed by atoms with E-state index in [1.807, 2.05) is 6.92 Å². The first-order chi connectivity index (χ1) is 12.1. The molecule has 0 saturated carbocycles. The number of benzene rings is 2. The van der Waals surface area contributed by atoms with E-state index in [1.54, 1.807) is 47.4 Å². The van der Waals surface area contributed by atoms with E-state index in [2.05, 4.69) is 10.3 Å². The van der Waals surface area contributed by atoms with Crippen LogP contribution >= 0.6 is 23.2 Å². The van der Waals surface area contributed by atoms with Crippen LogP contribution in [0, 0.1) is 0 Å². The van der Waals surface area contributed by atoms with Gasteiger partial charge in [0, 0.05) is 18.7 Å². The van der Waals surface area contributed by atoms with Crippen molar-refractivity contribution in [1.29, 1.82) is 0 Å². The maximum absolute atomic E-state index is 12.8. The second-order valence-electron chi connectivity index (χ2n) is 5.35. The molecular formula is C18H17Cl2N3O2. The summed E-state index contributed by atoms with van der Waals surface area (Å²) in [5, 5.41) is 3.90. The first kappa shape index (κ1) is 17.6. The van der Waals surface area contributed by atoms with Crippen LogP contribution in [-0.2, 0) is 0 Å². The van der Waals surface area contributed by atoms with Crippen LogP contribution in [0.25, 0.3) is 0 Å². The fourth-order valence-electron chi connectivity index (χ4n) is 2.49. The van der Waals surface area contributed by atoms with Gasteiger partial charge in [-0.05, 0) is 43.3 Å². The Labute approximate surface area is 156 Å². The Balaban J connectivity index is 1.84. The number of ether oxygens (including phenoxy) is 1. The third-order valence-electron chi connectivity index (χ3n) is 3.69. The number of nitrogens with one attached hydrogen (secondary N) is 1. The minimum atomic E-state index is -0.134. The Bertz CT molecular complexity index is 806. The second kappa shape index (κ2) is 7.76. The summed E-state index contributed by atoms with van der Waals surface area (Å²) in [5.74, 6) is 1.06. The van der Waals surface area contributed by atoms with Gasteiger partial charge >= 0.3 is 0 Å². The van der Waals surface area contributed by atoms with Gasteiger partial charge in [-0.1, -0.05) is 29.3 Å². The fraction of sp³-hybridized carbons (Fsp3) is 0.222. The minimum absolute atomic E-state index is 0.134. The number of hydrogen-bond acceptors (Lipinski definition) is 3. The Kier molecular flexibility index (Phi) is 5.46. The number of aliphatic imine (C=N–C) groups is 1. The molecule has 1 saturated heterocycles. The first-order valence-electron chi connectivity index (χ1n) is 7.91. The van der Waals surface area contributed by atoms with Gasteiger partial charge in [0.05, 0.1) is 22.3 Å². The molecule has 1 aliphatic heterocycles. The number of nitrogens with zero attached hydrogens (tertiary/aromatic N) is 2. The van der Waals surface area contributed by atoms with E-state index >= 15 is 0 Å².